The highest BCUT2D eigenvalue weighted by atomic mass is 16.5. The predicted octanol–water partition coefficient (Wildman–Crippen LogP) is 2.28. The van der Waals surface area contributed by atoms with Crippen LogP contribution in [0.25, 0.3) is 5.70 Å². The van der Waals surface area contributed by atoms with Gasteiger partial charge in [0.2, 0.25) is 0 Å². The molecule has 2 aromatic carbocycles. The normalized spacial score (nSPS) is 16.9. The van der Waals surface area contributed by atoms with Crippen LogP contribution < -0.4 is 5.32 Å². The van der Waals surface area contributed by atoms with Crippen LogP contribution in [0.3, 0.4) is 0 Å². The van der Waals surface area contributed by atoms with E-state index in [1.54, 1.807) is 23.1 Å². The summed E-state index contributed by atoms with van der Waals surface area (Å²) in [5, 5.41) is 12.6. The van der Waals surface area contributed by atoms with Crippen molar-refractivity contribution in [2.45, 2.75) is 6.92 Å². The molecule has 0 aromatic heterocycles. The van der Waals surface area contributed by atoms with E-state index >= 15 is 0 Å². The number of amidine groups is 1. The Morgan fingerprint density at radius 2 is 1.73 bits per heavy atom. The minimum atomic E-state index is -0.375. The zero-order valence-electron chi connectivity index (χ0n) is 16.5. The Morgan fingerprint density at radius 1 is 1.07 bits per heavy atom. The second kappa shape index (κ2) is 8.31. The van der Waals surface area contributed by atoms with Crippen molar-refractivity contribution in [3.05, 3.63) is 76.4 Å². The number of carbonyl (C=O) groups excluding carboxylic acids is 2. The maximum atomic E-state index is 12.9. The average molecular weight is 400 g/mol. The van der Waals surface area contributed by atoms with E-state index in [2.05, 4.69) is 10.3 Å². The number of hydrogen-bond acceptors (Lipinski definition) is 5. The molecular formula is C23H20N4O3. The number of hydrogen-bond donors (Lipinski definition) is 1. The molecule has 7 nitrogen and oxygen atoms in total. The molecule has 30 heavy (non-hydrogen) atoms. The van der Waals surface area contributed by atoms with E-state index in [9.17, 15) is 14.9 Å². The van der Waals surface area contributed by atoms with Crippen LogP contribution in [-0.4, -0.2) is 48.9 Å². The van der Waals surface area contributed by atoms with Gasteiger partial charge in [-0.3, -0.25) is 9.59 Å². The molecule has 2 aliphatic heterocycles. The molecule has 1 fully saturated rings. The zero-order chi connectivity index (χ0) is 21.1. The summed E-state index contributed by atoms with van der Waals surface area (Å²) in [5.74, 6) is -0.350. The smallest absolute Gasteiger partial charge is 0.266 e. The van der Waals surface area contributed by atoms with E-state index in [0.717, 1.165) is 5.56 Å². The first-order valence-electron chi connectivity index (χ1n) is 9.66. The van der Waals surface area contributed by atoms with E-state index in [-0.39, 0.29) is 23.1 Å². The molecule has 2 heterocycles. The zero-order valence-corrected chi connectivity index (χ0v) is 16.5. The van der Waals surface area contributed by atoms with Crippen LogP contribution in [0.1, 0.15) is 27.0 Å². The largest absolute Gasteiger partial charge is 0.378 e. The second-order valence-corrected chi connectivity index (χ2v) is 7.07. The fourth-order valence-electron chi connectivity index (χ4n) is 3.43. The molecule has 1 N–H and O–H groups in total. The van der Waals surface area contributed by atoms with Gasteiger partial charge in [0.1, 0.15) is 17.5 Å². The first kappa shape index (κ1) is 19.6. The SMILES string of the molecule is Cc1ccc(C(=O)NC2=N/C(=C(/C#N)C(=O)N3CCOCC3)c3ccccc32)cc1. The molecule has 0 atom stereocenters. The van der Waals surface area contributed by atoms with Crippen molar-refractivity contribution in [3.8, 4) is 6.07 Å². The van der Waals surface area contributed by atoms with Crippen molar-refractivity contribution in [3.63, 3.8) is 0 Å². The van der Waals surface area contributed by atoms with Crippen molar-refractivity contribution in [1.29, 1.82) is 5.26 Å². The lowest BCUT2D eigenvalue weighted by Crippen LogP contribution is -2.41. The number of nitrogens with one attached hydrogen (secondary N) is 1. The van der Waals surface area contributed by atoms with Gasteiger partial charge < -0.3 is 15.0 Å². The highest BCUT2D eigenvalue weighted by molar-refractivity contribution is 6.20. The number of morpholine rings is 1. The number of benzene rings is 2. The molecule has 150 valence electrons. The van der Waals surface area contributed by atoms with Gasteiger partial charge in [0.15, 0.2) is 0 Å². The molecule has 0 bridgehead atoms. The molecule has 0 unspecified atom stereocenters. The second-order valence-electron chi connectivity index (χ2n) is 7.07. The molecular weight excluding hydrogens is 380 g/mol. The van der Waals surface area contributed by atoms with Gasteiger partial charge in [0.05, 0.1) is 18.9 Å². The van der Waals surface area contributed by atoms with Gasteiger partial charge in [-0.2, -0.15) is 5.26 Å². The summed E-state index contributed by atoms with van der Waals surface area (Å²) in [6, 6.07) is 16.5. The summed E-state index contributed by atoms with van der Waals surface area (Å²) in [6.07, 6.45) is 0. The Hall–Kier alpha value is -3.76. The van der Waals surface area contributed by atoms with Crippen LogP contribution >= 0.6 is 0 Å². The average Bonchev–Trinajstić information content (AvgIpc) is 3.13. The number of nitrogens with zero attached hydrogens (tertiary/aromatic N) is 3. The number of fused-ring (bicyclic) bond motifs is 1. The van der Waals surface area contributed by atoms with Crippen molar-refractivity contribution >= 4 is 23.3 Å². The van der Waals surface area contributed by atoms with Crippen LogP contribution in [0.4, 0.5) is 0 Å². The van der Waals surface area contributed by atoms with Gasteiger partial charge in [-0.25, -0.2) is 4.99 Å². The highest BCUT2D eigenvalue weighted by Crippen LogP contribution is 2.31. The molecule has 1 saturated heterocycles. The summed E-state index contributed by atoms with van der Waals surface area (Å²) in [5.41, 5.74) is 3.13. The molecule has 2 aromatic rings. The molecule has 7 heteroatoms. The Bertz CT molecular complexity index is 1100. The first-order valence-corrected chi connectivity index (χ1v) is 9.66. The van der Waals surface area contributed by atoms with E-state index < -0.39 is 0 Å². The molecule has 0 aliphatic carbocycles. The van der Waals surface area contributed by atoms with E-state index in [4.69, 9.17) is 4.74 Å². The lowest BCUT2D eigenvalue weighted by molar-refractivity contribution is -0.130. The van der Waals surface area contributed by atoms with E-state index in [0.29, 0.717) is 48.8 Å². The quantitative estimate of drug-likeness (QED) is 0.618. The number of amides is 2. The molecule has 0 spiro atoms. The summed E-state index contributed by atoms with van der Waals surface area (Å²) < 4.78 is 5.29. The van der Waals surface area contributed by atoms with Crippen LogP contribution in [0.2, 0.25) is 0 Å². The number of rotatable bonds is 2. The Kier molecular flexibility index (Phi) is 5.42. The molecule has 4 rings (SSSR count). The van der Waals surface area contributed by atoms with Crippen LogP contribution in [0.15, 0.2) is 59.1 Å². The summed E-state index contributed by atoms with van der Waals surface area (Å²) in [7, 11) is 0. The summed E-state index contributed by atoms with van der Waals surface area (Å²) in [6.45, 7) is 3.69. The van der Waals surface area contributed by atoms with Gasteiger partial charge in [0.25, 0.3) is 11.8 Å². The van der Waals surface area contributed by atoms with Crippen LogP contribution in [0.5, 0.6) is 0 Å². The van der Waals surface area contributed by atoms with Gasteiger partial charge in [-0.1, -0.05) is 42.0 Å². The Morgan fingerprint density at radius 3 is 2.40 bits per heavy atom. The third kappa shape index (κ3) is 3.73. The third-order valence-corrected chi connectivity index (χ3v) is 5.07. The third-order valence-electron chi connectivity index (χ3n) is 5.07. The summed E-state index contributed by atoms with van der Waals surface area (Å²) >= 11 is 0. The predicted molar refractivity (Wildman–Crippen MR) is 112 cm³/mol. The van der Waals surface area contributed by atoms with Gasteiger partial charge in [-0.05, 0) is 19.1 Å². The molecule has 2 amide bonds. The Balaban J connectivity index is 1.70. The van der Waals surface area contributed by atoms with Crippen molar-refractivity contribution in [1.82, 2.24) is 10.2 Å². The molecule has 0 radical (unpaired) electrons. The minimum absolute atomic E-state index is 0.0380. The molecule has 0 saturated carbocycles. The van der Waals surface area contributed by atoms with Crippen molar-refractivity contribution < 1.29 is 14.3 Å². The van der Waals surface area contributed by atoms with Crippen molar-refractivity contribution in [2.75, 3.05) is 26.3 Å². The number of aryl methyl sites for hydroxylation is 1. The maximum Gasteiger partial charge on any atom is 0.266 e. The fraction of sp³-hybridized carbons (Fsp3) is 0.217. The first-order chi connectivity index (χ1) is 14.6. The minimum Gasteiger partial charge on any atom is -0.378 e. The van der Waals surface area contributed by atoms with Crippen LogP contribution in [-0.2, 0) is 9.53 Å². The fourth-order valence-corrected chi connectivity index (χ4v) is 3.43. The lowest BCUT2D eigenvalue weighted by Gasteiger charge is -2.26. The Labute approximate surface area is 174 Å². The summed E-state index contributed by atoms with van der Waals surface area (Å²) in [4.78, 5) is 31.7. The standard InChI is InChI=1S/C23H20N4O3/c1-15-6-8-16(9-7-15)22(28)26-21-18-5-3-2-4-17(18)20(25-21)19(14-24)23(29)27-10-12-30-13-11-27/h2-9H,10-13H2,1H3,(H,25,26,28)/b20-19-. The number of nitriles is 1. The van der Waals surface area contributed by atoms with Crippen LogP contribution in [0, 0.1) is 18.3 Å². The van der Waals surface area contributed by atoms with E-state index in [1.165, 1.54) is 0 Å². The molecule has 2 aliphatic rings. The number of ether oxygens (including phenoxy) is 1. The topological polar surface area (TPSA) is 94.8 Å². The monoisotopic (exact) mass is 400 g/mol. The van der Waals surface area contributed by atoms with Gasteiger partial charge >= 0.3 is 0 Å². The number of carbonyl (C=O) groups is 2. The lowest BCUT2D eigenvalue weighted by atomic mass is 10.0. The number of aliphatic imine (C=N–C) groups is 1. The highest BCUT2D eigenvalue weighted by Gasteiger charge is 2.30. The van der Waals surface area contributed by atoms with Crippen molar-refractivity contribution in [2.24, 2.45) is 4.99 Å². The van der Waals surface area contributed by atoms with E-state index in [1.807, 2.05) is 43.3 Å². The van der Waals surface area contributed by atoms with Gasteiger partial charge in [0, 0.05) is 29.8 Å². The van der Waals surface area contributed by atoms with Gasteiger partial charge in [-0.15, -0.1) is 0 Å². The maximum absolute atomic E-state index is 12.9.